The number of amides is 4. The molecule has 2 aromatic carbocycles. The van der Waals surface area contributed by atoms with E-state index in [9.17, 15) is 14.4 Å². The van der Waals surface area contributed by atoms with Crippen LogP contribution in [0.1, 0.15) is 12.7 Å². The largest absolute Gasteiger partial charge is 0.492 e. The molecule has 8 heteroatoms. The molecule has 3 aromatic rings. The van der Waals surface area contributed by atoms with Gasteiger partial charge in [-0.2, -0.15) is 0 Å². The van der Waals surface area contributed by atoms with E-state index < -0.39 is 17.8 Å². The lowest BCUT2D eigenvalue weighted by molar-refractivity contribution is -0.122. The van der Waals surface area contributed by atoms with E-state index in [4.69, 9.17) is 20.8 Å². The van der Waals surface area contributed by atoms with Crippen LogP contribution in [0.3, 0.4) is 0 Å². The Morgan fingerprint density at radius 2 is 1.77 bits per heavy atom. The summed E-state index contributed by atoms with van der Waals surface area (Å²) in [5.41, 5.74) is 0.797. The highest BCUT2D eigenvalue weighted by Gasteiger charge is 2.38. The zero-order chi connectivity index (χ0) is 22.0. The van der Waals surface area contributed by atoms with Crippen LogP contribution in [0, 0.1) is 0 Å². The maximum absolute atomic E-state index is 13.1. The molecule has 31 heavy (non-hydrogen) atoms. The molecule has 4 amide bonds. The Balaban J connectivity index is 1.68. The molecule has 156 valence electrons. The molecule has 1 aromatic heterocycles. The van der Waals surface area contributed by atoms with E-state index in [1.807, 2.05) is 0 Å². The van der Waals surface area contributed by atoms with E-state index in [2.05, 4.69) is 5.32 Å². The smallest absolute Gasteiger partial charge is 0.336 e. The highest BCUT2D eigenvalue weighted by Crippen LogP contribution is 2.31. The Bertz CT molecular complexity index is 1200. The minimum Gasteiger partial charge on any atom is -0.492 e. The van der Waals surface area contributed by atoms with Gasteiger partial charge in [0.1, 0.15) is 22.8 Å². The van der Waals surface area contributed by atoms with Crippen molar-refractivity contribution < 1.29 is 23.5 Å². The third-order valence-electron chi connectivity index (χ3n) is 4.55. The summed E-state index contributed by atoms with van der Waals surface area (Å²) >= 11 is 5.91. The second kappa shape index (κ2) is 8.49. The summed E-state index contributed by atoms with van der Waals surface area (Å²) < 4.78 is 11.3. The van der Waals surface area contributed by atoms with Crippen molar-refractivity contribution in [2.24, 2.45) is 0 Å². The van der Waals surface area contributed by atoms with Crippen LogP contribution < -0.4 is 15.0 Å². The number of hydrogen-bond donors (Lipinski definition) is 1. The number of imide groups is 2. The molecule has 0 atom stereocenters. The van der Waals surface area contributed by atoms with Crippen molar-refractivity contribution in [2.75, 3.05) is 11.5 Å². The number of ether oxygens (including phenoxy) is 1. The van der Waals surface area contributed by atoms with Gasteiger partial charge in [0.05, 0.1) is 12.3 Å². The van der Waals surface area contributed by atoms with Gasteiger partial charge < -0.3 is 9.15 Å². The highest BCUT2D eigenvalue weighted by molar-refractivity contribution is 6.39. The first kappa shape index (κ1) is 20.4. The van der Waals surface area contributed by atoms with Gasteiger partial charge in [-0.25, -0.2) is 9.69 Å². The van der Waals surface area contributed by atoms with Crippen LogP contribution in [0.5, 0.6) is 5.75 Å². The quantitative estimate of drug-likeness (QED) is 0.464. The maximum Gasteiger partial charge on any atom is 0.336 e. The van der Waals surface area contributed by atoms with Crippen LogP contribution in [-0.2, 0) is 9.59 Å². The number of hydrogen-bond acceptors (Lipinski definition) is 5. The van der Waals surface area contributed by atoms with Crippen molar-refractivity contribution >= 4 is 41.2 Å². The molecule has 4 rings (SSSR count). The van der Waals surface area contributed by atoms with E-state index in [0.717, 1.165) is 10.5 Å². The first-order valence-electron chi connectivity index (χ1n) is 9.47. The molecule has 1 aliphatic heterocycles. The Kier molecular flexibility index (Phi) is 5.60. The average molecular weight is 437 g/mol. The third-order valence-corrected chi connectivity index (χ3v) is 4.80. The molecule has 1 N–H and O–H groups in total. The summed E-state index contributed by atoms with van der Waals surface area (Å²) in [7, 11) is 0. The van der Waals surface area contributed by atoms with Crippen LogP contribution in [0.15, 0.2) is 70.7 Å². The standard InChI is InChI=1S/C23H17ClN2O5/c1-2-30-20-6-4-3-5-18(20)26-22(28)17(21(27)25-23(26)29)13-16-11-12-19(31-16)14-7-9-15(24)10-8-14/h3-13H,2H2,1H3,(H,25,27,29)/b17-13+. The van der Waals surface area contributed by atoms with E-state index >= 15 is 0 Å². The fourth-order valence-electron chi connectivity index (χ4n) is 3.14. The summed E-state index contributed by atoms with van der Waals surface area (Å²) in [6.07, 6.45) is 1.31. The van der Waals surface area contributed by atoms with E-state index in [0.29, 0.717) is 23.1 Å². The van der Waals surface area contributed by atoms with E-state index in [1.165, 1.54) is 6.08 Å². The topological polar surface area (TPSA) is 88.8 Å². The van der Waals surface area contributed by atoms with Crippen molar-refractivity contribution in [1.29, 1.82) is 0 Å². The maximum atomic E-state index is 13.1. The number of urea groups is 1. The Hall–Kier alpha value is -3.84. The van der Waals surface area contributed by atoms with Crippen molar-refractivity contribution in [3.05, 3.63) is 77.0 Å². The molecule has 1 fully saturated rings. The first-order valence-corrected chi connectivity index (χ1v) is 9.85. The van der Waals surface area contributed by atoms with Gasteiger partial charge in [0.25, 0.3) is 11.8 Å². The number of nitrogens with zero attached hydrogens (tertiary/aromatic N) is 1. The van der Waals surface area contributed by atoms with Crippen molar-refractivity contribution in [3.63, 3.8) is 0 Å². The van der Waals surface area contributed by atoms with Gasteiger partial charge >= 0.3 is 6.03 Å². The molecule has 0 unspecified atom stereocenters. The molecular formula is C23H17ClN2O5. The SMILES string of the molecule is CCOc1ccccc1N1C(=O)NC(=O)/C(=C\c2ccc(-c3ccc(Cl)cc3)o2)C1=O. The van der Waals surface area contributed by atoms with E-state index in [1.54, 1.807) is 67.6 Å². The van der Waals surface area contributed by atoms with Crippen molar-refractivity contribution in [3.8, 4) is 17.1 Å². The molecule has 2 heterocycles. The summed E-state index contributed by atoms with van der Waals surface area (Å²) in [6.45, 7) is 2.14. The van der Waals surface area contributed by atoms with Gasteiger partial charge in [-0.05, 0) is 61.5 Å². The number of halogens is 1. The zero-order valence-corrected chi connectivity index (χ0v) is 17.2. The van der Waals surface area contributed by atoms with Gasteiger partial charge in [0, 0.05) is 10.6 Å². The van der Waals surface area contributed by atoms with Crippen LogP contribution in [-0.4, -0.2) is 24.5 Å². The normalized spacial score (nSPS) is 15.4. The molecule has 0 radical (unpaired) electrons. The molecular weight excluding hydrogens is 420 g/mol. The Morgan fingerprint density at radius 3 is 2.52 bits per heavy atom. The lowest BCUT2D eigenvalue weighted by Crippen LogP contribution is -2.54. The summed E-state index contributed by atoms with van der Waals surface area (Å²) in [6, 6.07) is 16.2. The number of carbonyl (C=O) groups excluding carboxylic acids is 3. The fourth-order valence-corrected chi connectivity index (χ4v) is 3.26. The number of barbiturate groups is 1. The Labute approximate surface area is 182 Å². The fraction of sp³-hybridized carbons (Fsp3) is 0.0870. The number of para-hydroxylation sites is 2. The van der Waals surface area contributed by atoms with Crippen molar-refractivity contribution in [2.45, 2.75) is 6.92 Å². The van der Waals surface area contributed by atoms with Crippen LogP contribution in [0.2, 0.25) is 5.02 Å². The number of benzene rings is 2. The third kappa shape index (κ3) is 4.08. The zero-order valence-electron chi connectivity index (χ0n) is 16.4. The minimum atomic E-state index is -0.847. The molecule has 7 nitrogen and oxygen atoms in total. The number of anilines is 1. The second-order valence-corrected chi connectivity index (χ2v) is 7.00. The lowest BCUT2D eigenvalue weighted by Gasteiger charge is -2.27. The van der Waals surface area contributed by atoms with Gasteiger partial charge in [0.15, 0.2) is 0 Å². The van der Waals surface area contributed by atoms with Crippen LogP contribution in [0.4, 0.5) is 10.5 Å². The number of furan rings is 1. The molecule has 0 aliphatic carbocycles. The predicted molar refractivity (Wildman–Crippen MR) is 116 cm³/mol. The predicted octanol–water partition coefficient (Wildman–Crippen LogP) is 4.67. The van der Waals surface area contributed by atoms with Gasteiger partial charge in [0.2, 0.25) is 0 Å². The van der Waals surface area contributed by atoms with Gasteiger partial charge in [-0.3, -0.25) is 14.9 Å². The van der Waals surface area contributed by atoms with Crippen LogP contribution in [0.25, 0.3) is 17.4 Å². The molecule has 0 spiro atoms. The first-order chi connectivity index (χ1) is 15.0. The van der Waals surface area contributed by atoms with Crippen molar-refractivity contribution in [1.82, 2.24) is 5.32 Å². The summed E-state index contributed by atoms with van der Waals surface area (Å²) in [5, 5.41) is 2.79. The molecule has 1 saturated heterocycles. The second-order valence-electron chi connectivity index (χ2n) is 6.57. The number of nitrogens with one attached hydrogen (secondary N) is 1. The monoisotopic (exact) mass is 436 g/mol. The lowest BCUT2D eigenvalue weighted by atomic mass is 10.1. The molecule has 0 bridgehead atoms. The summed E-state index contributed by atoms with van der Waals surface area (Å²) in [4.78, 5) is 38.8. The molecule has 1 aliphatic rings. The van der Waals surface area contributed by atoms with Crippen LogP contribution >= 0.6 is 11.6 Å². The number of rotatable bonds is 5. The Morgan fingerprint density at radius 1 is 1.03 bits per heavy atom. The molecule has 0 saturated carbocycles. The van der Waals surface area contributed by atoms with Gasteiger partial charge in [-0.1, -0.05) is 23.7 Å². The summed E-state index contributed by atoms with van der Waals surface area (Å²) in [5.74, 6) is -0.391. The van der Waals surface area contributed by atoms with Gasteiger partial charge in [-0.15, -0.1) is 0 Å². The highest BCUT2D eigenvalue weighted by atomic mass is 35.5. The van der Waals surface area contributed by atoms with E-state index in [-0.39, 0.29) is 17.0 Å². The minimum absolute atomic E-state index is 0.233. The number of carbonyl (C=O) groups is 3. The average Bonchev–Trinajstić information content (AvgIpc) is 3.22.